The second-order valence-electron chi connectivity index (χ2n) is 5.56. The summed E-state index contributed by atoms with van der Waals surface area (Å²) in [5, 5.41) is 28.7. The molecule has 0 saturated carbocycles. The Morgan fingerprint density at radius 2 is 2.12 bits per heavy atom. The van der Waals surface area contributed by atoms with E-state index in [0.29, 0.717) is 41.9 Å². The van der Waals surface area contributed by atoms with Crippen LogP contribution in [-0.2, 0) is 22.0 Å². The van der Waals surface area contributed by atoms with Crippen molar-refractivity contribution in [1.82, 2.24) is 14.8 Å². The van der Waals surface area contributed by atoms with Crippen LogP contribution in [0, 0.1) is 6.92 Å². The van der Waals surface area contributed by atoms with Crippen molar-refractivity contribution in [2.75, 3.05) is 18.5 Å². The van der Waals surface area contributed by atoms with Crippen molar-refractivity contribution in [2.24, 2.45) is 0 Å². The molecule has 2 aromatic rings. The number of anilines is 1. The fourth-order valence-electron chi connectivity index (χ4n) is 2.65. The average Bonchev–Trinajstić information content (AvgIpc) is 2.88. The van der Waals surface area contributed by atoms with E-state index in [1.165, 1.54) is 6.92 Å². The largest absolute Gasteiger partial charge is 0.383 e. The molecule has 0 amide bonds. The lowest BCUT2D eigenvalue weighted by Gasteiger charge is -2.26. The van der Waals surface area contributed by atoms with Crippen LogP contribution in [0.2, 0.25) is 0 Å². The third-order valence-corrected chi connectivity index (χ3v) is 3.72. The molecule has 0 saturated heterocycles. The van der Waals surface area contributed by atoms with E-state index in [1.807, 2.05) is 6.92 Å². The summed E-state index contributed by atoms with van der Waals surface area (Å²) in [5.74, 6) is -2.44. The molecule has 3 N–H and O–H groups in total. The number of carbonyl (C=O) groups excluding carboxylic acids is 1. The van der Waals surface area contributed by atoms with E-state index in [0.717, 1.165) is 0 Å². The van der Waals surface area contributed by atoms with Gasteiger partial charge in [0.2, 0.25) is 0 Å². The van der Waals surface area contributed by atoms with Gasteiger partial charge in [-0.25, -0.2) is 9.67 Å². The fraction of sp³-hybridized carbons (Fsp3) is 0.562. The number of rotatable bonds is 8. The first-order valence-electron chi connectivity index (χ1n) is 8.00. The number of hydrogen-bond donors (Lipinski definition) is 3. The van der Waals surface area contributed by atoms with E-state index in [1.54, 1.807) is 24.7 Å². The second-order valence-corrected chi connectivity index (χ2v) is 5.56. The standard InChI is InChI=1S/C16H24N4O4/c1-5-20-15-12(9-18-20)14(17-8-7-10(3)21)13(11(4)19-15)16(22,23)24-6-2/h9,22-23H,5-8H2,1-4H3,(H,17,19). The number of aryl methyl sites for hydroxylation is 2. The zero-order chi connectivity index (χ0) is 17.9. The predicted octanol–water partition coefficient (Wildman–Crippen LogP) is 1.28. The smallest absolute Gasteiger partial charge is 0.310 e. The summed E-state index contributed by atoms with van der Waals surface area (Å²) < 4.78 is 6.80. The highest BCUT2D eigenvalue weighted by molar-refractivity contribution is 5.91. The van der Waals surface area contributed by atoms with Gasteiger partial charge < -0.3 is 20.3 Å². The SMILES string of the molecule is CCOC(O)(O)c1c(C)nc2c(cnn2CC)c1NCCC(C)=O. The number of Topliss-reactive ketones (excluding diaryl/α,β-unsaturated/α-hetero) is 1. The van der Waals surface area contributed by atoms with Crippen LogP contribution in [0.4, 0.5) is 5.69 Å². The van der Waals surface area contributed by atoms with Crippen molar-refractivity contribution in [2.45, 2.75) is 46.6 Å². The minimum absolute atomic E-state index is 0.0411. The number of pyridine rings is 1. The third kappa shape index (κ3) is 3.55. The average molecular weight is 336 g/mol. The number of ether oxygens (including phenoxy) is 1. The van der Waals surface area contributed by atoms with Gasteiger partial charge in [-0.05, 0) is 27.7 Å². The molecule has 0 bridgehead atoms. The monoisotopic (exact) mass is 336 g/mol. The maximum Gasteiger partial charge on any atom is 0.310 e. The molecule has 0 aliphatic carbocycles. The Morgan fingerprint density at radius 1 is 1.42 bits per heavy atom. The molecular weight excluding hydrogens is 312 g/mol. The minimum Gasteiger partial charge on any atom is -0.383 e. The fourth-order valence-corrected chi connectivity index (χ4v) is 2.65. The van der Waals surface area contributed by atoms with Gasteiger partial charge in [0, 0.05) is 26.1 Å². The van der Waals surface area contributed by atoms with E-state index < -0.39 is 5.97 Å². The van der Waals surface area contributed by atoms with Gasteiger partial charge in [-0.2, -0.15) is 5.10 Å². The maximum atomic E-state index is 11.2. The van der Waals surface area contributed by atoms with Gasteiger partial charge >= 0.3 is 5.97 Å². The highest BCUT2D eigenvalue weighted by atomic mass is 16.8. The second kappa shape index (κ2) is 7.25. The molecule has 0 spiro atoms. The van der Waals surface area contributed by atoms with Gasteiger partial charge in [0.05, 0.1) is 28.5 Å². The first kappa shape index (κ1) is 18.3. The number of aliphatic hydroxyl groups is 2. The van der Waals surface area contributed by atoms with Crippen LogP contribution in [0.15, 0.2) is 6.20 Å². The van der Waals surface area contributed by atoms with Crippen LogP contribution in [-0.4, -0.2) is 43.9 Å². The molecule has 0 unspecified atom stereocenters. The topological polar surface area (TPSA) is 110 Å². The zero-order valence-electron chi connectivity index (χ0n) is 14.5. The quantitative estimate of drug-likeness (QED) is 0.623. The van der Waals surface area contributed by atoms with Gasteiger partial charge in [0.15, 0.2) is 5.65 Å². The maximum absolute atomic E-state index is 11.2. The van der Waals surface area contributed by atoms with Crippen LogP contribution in [0.25, 0.3) is 11.0 Å². The predicted molar refractivity (Wildman–Crippen MR) is 89.5 cm³/mol. The summed E-state index contributed by atoms with van der Waals surface area (Å²) in [6.07, 6.45) is 1.94. The van der Waals surface area contributed by atoms with E-state index in [-0.39, 0.29) is 18.0 Å². The molecule has 0 radical (unpaired) electrons. The highest BCUT2D eigenvalue weighted by Crippen LogP contribution is 2.35. The van der Waals surface area contributed by atoms with Crippen LogP contribution in [0.1, 0.15) is 38.4 Å². The molecule has 132 valence electrons. The lowest BCUT2D eigenvalue weighted by atomic mass is 10.1. The highest BCUT2D eigenvalue weighted by Gasteiger charge is 2.34. The molecule has 0 fully saturated rings. The molecule has 2 rings (SSSR count). The molecule has 8 nitrogen and oxygen atoms in total. The van der Waals surface area contributed by atoms with Gasteiger partial charge in [-0.15, -0.1) is 0 Å². The number of hydrogen-bond acceptors (Lipinski definition) is 7. The van der Waals surface area contributed by atoms with Crippen LogP contribution >= 0.6 is 0 Å². The normalized spacial score (nSPS) is 11.9. The molecule has 0 aliphatic heterocycles. The van der Waals surface area contributed by atoms with Crippen molar-refractivity contribution in [3.05, 3.63) is 17.5 Å². The lowest BCUT2D eigenvalue weighted by Crippen LogP contribution is -2.31. The molecule has 24 heavy (non-hydrogen) atoms. The Kier molecular flexibility index (Phi) is 5.53. The van der Waals surface area contributed by atoms with E-state index in [2.05, 4.69) is 15.4 Å². The number of aromatic nitrogens is 3. The molecule has 2 aromatic heterocycles. The molecule has 0 aliphatic rings. The Balaban J connectivity index is 2.61. The van der Waals surface area contributed by atoms with E-state index >= 15 is 0 Å². The van der Waals surface area contributed by atoms with Crippen molar-refractivity contribution in [3.63, 3.8) is 0 Å². The summed E-state index contributed by atoms with van der Waals surface area (Å²) in [5.41, 5.74) is 1.66. The summed E-state index contributed by atoms with van der Waals surface area (Å²) in [7, 11) is 0. The van der Waals surface area contributed by atoms with Gasteiger partial charge in [-0.3, -0.25) is 4.79 Å². The van der Waals surface area contributed by atoms with Gasteiger partial charge in [-0.1, -0.05) is 0 Å². The molecule has 8 heteroatoms. The summed E-state index contributed by atoms with van der Waals surface area (Å²) >= 11 is 0. The zero-order valence-corrected chi connectivity index (χ0v) is 14.5. The summed E-state index contributed by atoms with van der Waals surface area (Å²) in [6, 6.07) is 0. The number of nitrogens with one attached hydrogen (secondary N) is 1. The molecule has 0 aromatic carbocycles. The first-order valence-corrected chi connectivity index (χ1v) is 8.00. The van der Waals surface area contributed by atoms with Gasteiger partial charge in [0.1, 0.15) is 5.78 Å². The number of carbonyl (C=O) groups is 1. The Labute approximate surface area is 140 Å². The number of nitrogens with zero attached hydrogens (tertiary/aromatic N) is 3. The van der Waals surface area contributed by atoms with E-state index in [9.17, 15) is 15.0 Å². The lowest BCUT2D eigenvalue weighted by molar-refractivity contribution is -0.348. The molecule has 2 heterocycles. The molecule has 0 atom stereocenters. The van der Waals surface area contributed by atoms with Crippen molar-refractivity contribution < 1.29 is 19.7 Å². The van der Waals surface area contributed by atoms with Gasteiger partial charge in [0.25, 0.3) is 0 Å². The Bertz CT molecular complexity index is 739. The summed E-state index contributed by atoms with van der Waals surface area (Å²) in [6.45, 7) is 7.91. The third-order valence-electron chi connectivity index (χ3n) is 3.72. The van der Waals surface area contributed by atoms with E-state index in [4.69, 9.17) is 4.74 Å². The van der Waals surface area contributed by atoms with Crippen LogP contribution in [0.5, 0.6) is 0 Å². The van der Waals surface area contributed by atoms with Crippen molar-refractivity contribution in [3.8, 4) is 0 Å². The molecular formula is C16H24N4O4. The Morgan fingerprint density at radius 3 is 2.71 bits per heavy atom. The number of fused-ring (bicyclic) bond motifs is 1. The Hall–Kier alpha value is -2.03. The van der Waals surface area contributed by atoms with Crippen molar-refractivity contribution in [1.29, 1.82) is 0 Å². The van der Waals surface area contributed by atoms with Crippen LogP contribution < -0.4 is 5.32 Å². The minimum atomic E-state index is -2.48. The number of ketones is 1. The summed E-state index contributed by atoms with van der Waals surface area (Å²) in [4.78, 5) is 15.7. The van der Waals surface area contributed by atoms with Crippen LogP contribution in [0.3, 0.4) is 0 Å². The van der Waals surface area contributed by atoms with Crippen molar-refractivity contribution >= 4 is 22.5 Å². The first-order chi connectivity index (χ1) is 11.3.